The number of amides is 2. The average Bonchev–Trinajstić information content (AvgIpc) is 2.35. The number of fused-ring (bicyclic) bond motifs is 1. The Kier molecular flexibility index (Phi) is 3.87. The van der Waals surface area contributed by atoms with Gasteiger partial charge in [-0.1, -0.05) is 23.2 Å². The van der Waals surface area contributed by atoms with Crippen LogP contribution >= 0.6 is 23.2 Å². The number of anilines is 1. The Morgan fingerprint density at radius 2 is 2.00 bits per heavy atom. The molecule has 0 spiro atoms. The van der Waals surface area contributed by atoms with Crippen molar-refractivity contribution < 1.29 is 14.3 Å². The molecule has 7 heteroatoms. The zero-order chi connectivity index (χ0) is 14.2. The largest absolute Gasteiger partial charge is 0.482 e. The van der Waals surface area contributed by atoms with Gasteiger partial charge < -0.3 is 9.64 Å². The third kappa shape index (κ3) is 2.77. The lowest BCUT2D eigenvalue weighted by molar-refractivity contribution is -0.130. The van der Waals surface area contributed by atoms with Gasteiger partial charge in [0.1, 0.15) is 12.3 Å². The second kappa shape index (κ2) is 5.27. The Labute approximate surface area is 120 Å². The standard InChI is InChI=1S/C12H12Cl2N2O3/c1-15(2)11(17)5-16-9-3-7(13)8(14)4-10(9)19-6-12(16)18/h3-4H,5-6H2,1-2H3. The fourth-order valence-electron chi connectivity index (χ4n) is 1.65. The SMILES string of the molecule is CN(C)C(=O)CN1C(=O)COc2cc(Cl)c(Cl)cc21. The van der Waals surface area contributed by atoms with Crippen LogP contribution in [0, 0.1) is 0 Å². The monoisotopic (exact) mass is 302 g/mol. The summed E-state index contributed by atoms with van der Waals surface area (Å²) < 4.78 is 5.28. The lowest BCUT2D eigenvalue weighted by atomic mass is 10.2. The predicted octanol–water partition coefficient (Wildman–Crippen LogP) is 1.81. The first-order valence-electron chi connectivity index (χ1n) is 5.52. The predicted molar refractivity (Wildman–Crippen MR) is 73.0 cm³/mol. The highest BCUT2D eigenvalue weighted by molar-refractivity contribution is 6.42. The van der Waals surface area contributed by atoms with E-state index in [1.807, 2.05) is 0 Å². The van der Waals surface area contributed by atoms with Crippen molar-refractivity contribution >= 4 is 40.7 Å². The summed E-state index contributed by atoms with van der Waals surface area (Å²) in [7, 11) is 3.26. The number of hydrogen-bond acceptors (Lipinski definition) is 3. The number of halogens is 2. The van der Waals surface area contributed by atoms with Crippen LogP contribution in [0.15, 0.2) is 12.1 Å². The first kappa shape index (κ1) is 14.0. The molecule has 5 nitrogen and oxygen atoms in total. The number of rotatable bonds is 2. The Bertz CT molecular complexity index is 546. The van der Waals surface area contributed by atoms with Crippen LogP contribution in [-0.4, -0.2) is 44.0 Å². The maximum Gasteiger partial charge on any atom is 0.265 e. The third-order valence-electron chi connectivity index (χ3n) is 2.74. The minimum atomic E-state index is -0.291. The van der Waals surface area contributed by atoms with Crippen molar-refractivity contribution in [3.8, 4) is 5.75 Å². The molecule has 0 atom stereocenters. The zero-order valence-corrected chi connectivity index (χ0v) is 12.0. The van der Waals surface area contributed by atoms with E-state index in [0.717, 1.165) is 0 Å². The van der Waals surface area contributed by atoms with Gasteiger partial charge >= 0.3 is 0 Å². The van der Waals surface area contributed by atoms with Crippen molar-refractivity contribution in [1.29, 1.82) is 0 Å². The Hall–Kier alpha value is -1.46. The number of carbonyl (C=O) groups is 2. The van der Waals surface area contributed by atoms with Gasteiger partial charge in [-0.15, -0.1) is 0 Å². The highest BCUT2D eigenvalue weighted by atomic mass is 35.5. The third-order valence-corrected chi connectivity index (χ3v) is 3.46. The lowest BCUT2D eigenvalue weighted by Gasteiger charge is -2.30. The minimum Gasteiger partial charge on any atom is -0.482 e. The van der Waals surface area contributed by atoms with Crippen LogP contribution in [0.4, 0.5) is 5.69 Å². The molecule has 0 fully saturated rings. The van der Waals surface area contributed by atoms with E-state index in [2.05, 4.69) is 0 Å². The first-order chi connectivity index (χ1) is 8.90. The van der Waals surface area contributed by atoms with Crippen molar-refractivity contribution in [3.05, 3.63) is 22.2 Å². The van der Waals surface area contributed by atoms with E-state index in [1.165, 1.54) is 15.9 Å². The molecular weight excluding hydrogens is 291 g/mol. The molecule has 1 aromatic carbocycles. The van der Waals surface area contributed by atoms with Gasteiger partial charge in [0, 0.05) is 20.2 Å². The summed E-state index contributed by atoms with van der Waals surface area (Å²) in [5, 5.41) is 0.648. The maximum atomic E-state index is 11.9. The lowest BCUT2D eigenvalue weighted by Crippen LogP contribution is -2.44. The maximum absolute atomic E-state index is 11.9. The second-order valence-electron chi connectivity index (χ2n) is 4.29. The quantitative estimate of drug-likeness (QED) is 0.837. The smallest absolute Gasteiger partial charge is 0.265 e. The van der Waals surface area contributed by atoms with Gasteiger partial charge in [-0.25, -0.2) is 0 Å². The van der Waals surface area contributed by atoms with Gasteiger partial charge in [-0.05, 0) is 6.07 Å². The summed E-state index contributed by atoms with van der Waals surface area (Å²) >= 11 is 11.8. The summed E-state index contributed by atoms with van der Waals surface area (Å²) in [5.41, 5.74) is 0.459. The van der Waals surface area contributed by atoms with Gasteiger partial charge in [-0.2, -0.15) is 0 Å². The van der Waals surface area contributed by atoms with Crippen LogP contribution in [0.25, 0.3) is 0 Å². The zero-order valence-electron chi connectivity index (χ0n) is 10.4. The van der Waals surface area contributed by atoms with Crippen molar-refractivity contribution in [3.63, 3.8) is 0 Å². The first-order valence-corrected chi connectivity index (χ1v) is 6.28. The van der Waals surface area contributed by atoms with Crippen LogP contribution in [0.2, 0.25) is 10.0 Å². The van der Waals surface area contributed by atoms with Crippen LogP contribution < -0.4 is 9.64 Å². The summed E-state index contributed by atoms with van der Waals surface area (Å²) in [6.45, 7) is -0.175. The molecule has 2 rings (SSSR count). The van der Waals surface area contributed by atoms with E-state index in [4.69, 9.17) is 27.9 Å². The molecule has 0 aliphatic carbocycles. The van der Waals surface area contributed by atoms with Crippen molar-refractivity contribution in [2.24, 2.45) is 0 Å². The molecule has 1 aromatic rings. The van der Waals surface area contributed by atoms with Crippen LogP contribution in [-0.2, 0) is 9.59 Å². The molecule has 2 amide bonds. The molecule has 0 unspecified atom stereocenters. The number of ether oxygens (including phenoxy) is 1. The Morgan fingerprint density at radius 3 is 2.63 bits per heavy atom. The molecule has 102 valence electrons. The van der Waals surface area contributed by atoms with Crippen LogP contribution in [0.1, 0.15) is 0 Å². The molecule has 1 aliphatic heterocycles. The van der Waals surface area contributed by atoms with Crippen LogP contribution in [0.3, 0.4) is 0 Å². The fourth-order valence-corrected chi connectivity index (χ4v) is 1.96. The molecule has 1 heterocycles. The summed E-state index contributed by atoms with van der Waals surface area (Å²) in [6, 6.07) is 3.07. The van der Waals surface area contributed by atoms with E-state index in [1.54, 1.807) is 20.2 Å². The summed E-state index contributed by atoms with van der Waals surface area (Å²) in [6.07, 6.45) is 0. The van der Waals surface area contributed by atoms with E-state index < -0.39 is 0 Å². The molecule has 0 N–H and O–H groups in total. The topological polar surface area (TPSA) is 49.9 Å². The molecule has 1 aliphatic rings. The number of nitrogens with zero attached hydrogens (tertiary/aromatic N) is 2. The second-order valence-corrected chi connectivity index (χ2v) is 5.11. The molecular formula is C12H12Cl2N2O3. The number of benzene rings is 1. The molecule has 0 saturated carbocycles. The van der Waals surface area contributed by atoms with Gasteiger partial charge in [-0.3, -0.25) is 14.5 Å². The van der Waals surface area contributed by atoms with Crippen molar-refractivity contribution in [2.45, 2.75) is 0 Å². The minimum absolute atomic E-state index is 0.0554. The molecule has 19 heavy (non-hydrogen) atoms. The highest BCUT2D eigenvalue weighted by Crippen LogP contribution is 2.38. The molecule has 0 bridgehead atoms. The summed E-state index contributed by atoms with van der Waals surface area (Å²) in [5.74, 6) is -0.0334. The average molecular weight is 303 g/mol. The van der Waals surface area contributed by atoms with E-state index in [9.17, 15) is 9.59 Å². The van der Waals surface area contributed by atoms with Crippen molar-refractivity contribution in [1.82, 2.24) is 4.90 Å². The van der Waals surface area contributed by atoms with E-state index >= 15 is 0 Å². The summed E-state index contributed by atoms with van der Waals surface area (Å²) in [4.78, 5) is 26.4. The van der Waals surface area contributed by atoms with E-state index in [0.29, 0.717) is 21.5 Å². The molecule has 0 saturated heterocycles. The van der Waals surface area contributed by atoms with Crippen LogP contribution in [0.5, 0.6) is 5.75 Å². The Balaban J connectivity index is 2.38. The number of likely N-dealkylation sites (N-methyl/N-ethyl adjacent to an activating group) is 1. The fraction of sp³-hybridized carbons (Fsp3) is 0.333. The number of carbonyl (C=O) groups excluding carboxylic acids is 2. The highest BCUT2D eigenvalue weighted by Gasteiger charge is 2.28. The Morgan fingerprint density at radius 1 is 1.37 bits per heavy atom. The van der Waals surface area contributed by atoms with Gasteiger partial charge in [0.15, 0.2) is 6.61 Å². The van der Waals surface area contributed by atoms with Gasteiger partial charge in [0.2, 0.25) is 5.91 Å². The molecule has 0 aromatic heterocycles. The number of hydrogen-bond donors (Lipinski definition) is 0. The van der Waals surface area contributed by atoms with Gasteiger partial charge in [0.05, 0.1) is 15.7 Å². The van der Waals surface area contributed by atoms with Gasteiger partial charge in [0.25, 0.3) is 5.91 Å². The van der Waals surface area contributed by atoms with Crippen molar-refractivity contribution in [2.75, 3.05) is 32.1 Å². The molecule has 0 radical (unpaired) electrons. The normalized spacial score (nSPS) is 13.9. The van der Waals surface area contributed by atoms with E-state index in [-0.39, 0.29) is 25.0 Å².